The average Bonchev–Trinajstić information content (AvgIpc) is 3.03. The molecule has 0 spiro atoms. The number of ether oxygens (including phenoxy) is 1. The first-order chi connectivity index (χ1) is 12.9. The minimum absolute atomic E-state index is 0.00552. The van der Waals surface area contributed by atoms with Crippen LogP contribution in [0, 0.1) is 6.92 Å². The summed E-state index contributed by atoms with van der Waals surface area (Å²) in [6.45, 7) is 5.23. The monoisotopic (exact) mass is 387 g/mol. The second-order valence-corrected chi connectivity index (χ2v) is 7.24. The molecule has 142 valence electrons. The molecule has 0 aliphatic carbocycles. The highest BCUT2D eigenvalue weighted by molar-refractivity contribution is 7.13. The fourth-order valence-electron chi connectivity index (χ4n) is 2.83. The zero-order valence-electron chi connectivity index (χ0n) is 15.4. The van der Waals surface area contributed by atoms with Crippen molar-refractivity contribution in [1.29, 1.82) is 0 Å². The van der Waals surface area contributed by atoms with Crippen LogP contribution in [0.15, 0.2) is 23.6 Å². The van der Waals surface area contributed by atoms with Gasteiger partial charge in [0.2, 0.25) is 5.91 Å². The molecule has 1 aliphatic rings. The van der Waals surface area contributed by atoms with Gasteiger partial charge < -0.3 is 10.1 Å². The number of carbonyl (C=O) groups is 3. The number of nitrogens with zero attached hydrogens (tertiary/aromatic N) is 2. The first-order valence-electron chi connectivity index (χ1n) is 8.76. The Balaban J connectivity index is 1.85. The lowest BCUT2D eigenvalue weighted by atomic mass is 10.0. The van der Waals surface area contributed by atoms with E-state index in [4.69, 9.17) is 4.74 Å². The maximum Gasteiger partial charge on any atom is 0.268 e. The maximum absolute atomic E-state index is 12.6. The topological polar surface area (TPSA) is 88.6 Å². The van der Waals surface area contributed by atoms with Crippen molar-refractivity contribution >= 4 is 39.8 Å². The third kappa shape index (κ3) is 4.16. The van der Waals surface area contributed by atoms with E-state index in [9.17, 15) is 14.4 Å². The summed E-state index contributed by atoms with van der Waals surface area (Å²) >= 11 is 1.32. The number of nitrogens with one attached hydrogen (secondary N) is 1. The second-order valence-electron chi connectivity index (χ2n) is 6.38. The van der Waals surface area contributed by atoms with Crippen LogP contribution in [0.3, 0.4) is 0 Å². The molecule has 7 nitrogen and oxygen atoms in total. The van der Waals surface area contributed by atoms with Gasteiger partial charge in [-0.15, -0.1) is 11.3 Å². The van der Waals surface area contributed by atoms with E-state index < -0.39 is 6.10 Å². The Bertz CT molecular complexity index is 893. The quantitative estimate of drug-likeness (QED) is 0.769. The second kappa shape index (κ2) is 7.87. The van der Waals surface area contributed by atoms with Gasteiger partial charge in [0, 0.05) is 17.4 Å². The van der Waals surface area contributed by atoms with Crippen molar-refractivity contribution in [2.24, 2.45) is 0 Å². The number of aryl methyl sites for hydroxylation is 1. The highest BCUT2D eigenvalue weighted by Crippen LogP contribution is 2.35. The molecule has 0 fully saturated rings. The summed E-state index contributed by atoms with van der Waals surface area (Å²) in [6, 6.07) is 4.99. The molecule has 8 heteroatoms. The first kappa shape index (κ1) is 19.0. The predicted octanol–water partition coefficient (Wildman–Crippen LogP) is 3.19. The van der Waals surface area contributed by atoms with Gasteiger partial charge in [0.1, 0.15) is 12.3 Å². The van der Waals surface area contributed by atoms with Gasteiger partial charge in [0.05, 0.1) is 11.4 Å². The zero-order chi connectivity index (χ0) is 19.6. The van der Waals surface area contributed by atoms with E-state index >= 15 is 0 Å². The Morgan fingerprint density at radius 1 is 1.37 bits per heavy atom. The number of rotatable bonds is 6. The molecule has 0 saturated heterocycles. The van der Waals surface area contributed by atoms with Crippen LogP contribution in [0.1, 0.15) is 42.7 Å². The van der Waals surface area contributed by atoms with Crippen LogP contribution in [-0.2, 0) is 9.59 Å². The van der Waals surface area contributed by atoms with E-state index in [0.717, 1.165) is 12.1 Å². The summed E-state index contributed by atoms with van der Waals surface area (Å²) in [5.74, 6) is -0.210. The van der Waals surface area contributed by atoms with Crippen molar-refractivity contribution in [3.8, 4) is 5.75 Å². The molecule has 1 aromatic carbocycles. The van der Waals surface area contributed by atoms with E-state index in [1.807, 2.05) is 19.2 Å². The molecule has 1 atom stereocenters. The molecule has 1 aliphatic heterocycles. The lowest BCUT2D eigenvalue weighted by Gasteiger charge is -2.32. The summed E-state index contributed by atoms with van der Waals surface area (Å²) < 4.78 is 5.63. The molecular weight excluding hydrogens is 366 g/mol. The molecule has 27 heavy (non-hydrogen) atoms. The number of fused-ring (bicyclic) bond motifs is 1. The number of hydrogen-bond acceptors (Lipinski definition) is 6. The molecule has 0 radical (unpaired) electrons. The largest absolute Gasteiger partial charge is 0.479 e. The Kier molecular flexibility index (Phi) is 5.55. The van der Waals surface area contributed by atoms with Gasteiger partial charge in [-0.2, -0.15) is 0 Å². The Labute approximate surface area is 161 Å². The number of thiazole rings is 1. The summed E-state index contributed by atoms with van der Waals surface area (Å²) in [7, 11) is 0. The van der Waals surface area contributed by atoms with E-state index in [2.05, 4.69) is 10.3 Å². The number of Topliss-reactive ketones (excluding diaryl/α,β-unsaturated/α-hetero) is 1. The zero-order valence-corrected chi connectivity index (χ0v) is 16.3. The predicted molar refractivity (Wildman–Crippen MR) is 104 cm³/mol. The van der Waals surface area contributed by atoms with Crippen LogP contribution in [-0.4, -0.2) is 35.2 Å². The maximum atomic E-state index is 12.6. The van der Waals surface area contributed by atoms with Crippen molar-refractivity contribution in [3.05, 3.63) is 34.8 Å². The third-order valence-electron chi connectivity index (χ3n) is 4.13. The normalized spacial score (nSPS) is 15.9. The van der Waals surface area contributed by atoms with Crippen molar-refractivity contribution in [2.75, 3.05) is 16.8 Å². The van der Waals surface area contributed by atoms with Crippen LogP contribution in [0.5, 0.6) is 5.75 Å². The first-order valence-corrected chi connectivity index (χ1v) is 9.64. The smallest absolute Gasteiger partial charge is 0.268 e. The van der Waals surface area contributed by atoms with Crippen molar-refractivity contribution < 1.29 is 19.1 Å². The van der Waals surface area contributed by atoms with Crippen molar-refractivity contribution in [1.82, 2.24) is 4.98 Å². The highest BCUT2D eigenvalue weighted by Gasteiger charge is 2.33. The van der Waals surface area contributed by atoms with Crippen LogP contribution in [0.4, 0.5) is 10.8 Å². The summed E-state index contributed by atoms with van der Waals surface area (Å²) in [6.07, 6.45) is 0.458. The van der Waals surface area contributed by atoms with Gasteiger partial charge in [-0.05, 0) is 38.5 Å². The lowest BCUT2D eigenvalue weighted by molar-refractivity contribution is -0.127. The molecule has 2 aromatic rings. The molecule has 1 N–H and O–H groups in total. The molecule has 0 bridgehead atoms. The van der Waals surface area contributed by atoms with Crippen LogP contribution in [0.2, 0.25) is 0 Å². The minimum Gasteiger partial charge on any atom is -0.479 e. The Hall–Kier alpha value is -2.74. The van der Waals surface area contributed by atoms with Gasteiger partial charge in [-0.3, -0.25) is 19.3 Å². The van der Waals surface area contributed by atoms with Crippen LogP contribution >= 0.6 is 11.3 Å². The number of ketones is 1. The van der Waals surface area contributed by atoms with E-state index in [1.54, 1.807) is 25.1 Å². The van der Waals surface area contributed by atoms with Gasteiger partial charge in [-0.25, -0.2) is 4.98 Å². The SMILES string of the molecule is CCCC(=O)c1ccc2c(c1)N(CC(=O)Nc1nc(C)cs1)C(=O)C(C)O2. The standard InChI is InChI=1S/C19H21N3O4S/c1-4-5-15(23)13-6-7-16-14(8-13)22(18(25)12(3)26-16)9-17(24)21-19-20-11(2)10-27-19/h6-8,10,12H,4-5,9H2,1-3H3,(H,20,21,24). The minimum atomic E-state index is -0.704. The Morgan fingerprint density at radius 3 is 2.81 bits per heavy atom. The molecule has 1 aromatic heterocycles. The van der Waals surface area contributed by atoms with E-state index in [1.165, 1.54) is 16.2 Å². The summed E-state index contributed by atoms with van der Waals surface area (Å²) in [5, 5.41) is 5.02. The van der Waals surface area contributed by atoms with Crippen molar-refractivity contribution in [3.63, 3.8) is 0 Å². The van der Waals surface area contributed by atoms with Crippen LogP contribution in [0.25, 0.3) is 0 Å². The number of aromatic nitrogens is 1. The molecule has 3 rings (SSSR count). The fourth-order valence-corrected chi connectivity index (χ4v) is 3.53. The van der Waals surface area contributed by atoms with Gasteiger partial charge in [-0.1, -0.05) is 6.92 Å². The van der Waals surface area contributed by atoms with Gasteiger partial charge in [0.25, 0.3) is 5.91 Å². The number of carbonyl (C=O) groups excluding carboxylic acids is 3. The number of amides is 2. The lowest BCUT2D eigenvalue weighted by Crippen LogP contribution is -2.47. The van der Waals surface area contributed by atoms with Crippen molar-refractivity contribution in [2.45, 2.75) is 39.7 Å². The van der Waals surface area contributed by atoms with E-state index in [0.29, 0.717) is 28.6 Å². The average molecular weight is 387 g/mol. The molecule has 1 unspecified atom stereocenters. The molecular formula is C19H21N3O4S. The Morgan fingerprint density at radius 2 is 2.15 bits per heavy atom. The number of hydrogen-bond donors (Lipinski definition) is 1. The molecule has 2 heterocycles. The van der Waals surface area contributed by atoms with Crippen LogP contribution < -0.4 is 15.0 Å². The van der Waals surface area contributed by atoms with Gasteiger partial charge in [0.15, 0.2) is 17.0 Å². The summed E-state index contributed by atoms with van der Waals surface area (Å²) in [4.78, 5) is 42.8. The molecule has 2 amide bonds. The van der Waals surface area contributed by atoms with E-state index in [-0.39, 0.29) is 24.1 Å². The third-order valence-corrected chi connectivity index (χ3v) is 5.01. The van der Waals surface area contributed by atoms with Gasteiger partial charge >= 0.3 is 0 Å². The molecule has 0 saturated carbocycles. The number of anilines is 2. The highest BCUT2D eigenvalue weighted by atomic mass is 32.1. The fraction of sp³-hybridized carbons (Fsp3) is 0.368. The number of benzene rings is 1. The summed E-state index contributed by atoms with van der Waals surface area (Å²) in [5.41, 5.74) is 1.75.